The standard InChI is InChI=1S/C36H55NO5/c1-4-29(26-30(5-2)32-18-10-7-11-19-32)15-13-21-33(20-12-14-28(3)31-16-8-6-9-17-31)34(36(41)42)27-35(40)37(22-24-38)23-25-39/h6-11,16-19,28-30,33-34,38-39H,4-5,12-15,20-27H2,1-3H3,(H,41,42). The molecule has 0 saturated heterocycles. The molecule has 0 saturated carbocycles. The molecule has 234 valence electrons. The van der Waals surface area contributed by atoms with E-state index in [-0.39, 0.29) is 44.5 Å². The highest BCUT2D eigenvalue weighted by molar-refractivity contribution is 5.82. The number of amides is 1. The van der Waals surface area contributed by atoms with Crippen LogP contribution in [0, 0.1) is 17.8 Å². The second-order valence-electron chi connectivity index (χ2n) is 11.9. The van der Waals surface area contributed by atoms with Gasteiger partial charge in [-0.25, -0.2) is 0 Å². The lowest BCUT2D eigenvalue weighted by molar-refractivity contribution is -0.148. The molecule has 0 heterocycles. The average molecular weight is 582 g/mol. The molecule has 6 heteroatoms. The van der Waals surface area contributed by atoms with E-state index in [1.807, 2.05) is 6.07 Å². The van der Waals surface area contributed by atoms with Crippen LogP contribution in [0.25, 0.3) is 0 Å². The van der Waals surface area contributed by atoms with Crippen LogP contribution in [0.4, 0.5) is 0 Å². The van der Waals surface area contributed by atoms with Crippen LogP contribution in [0.15, 0.2) is 60.7 Å². The number of hydrogen-bond donors (Lipinski definition) is 3. The van der Waals surface area contributed by atoms with Gasteiger partial charge in [-0.1, -0.05) is 107 Å². The number of hydrogen-bond acceptors (Lipinski definition) is 4. The minimum atomic E-state index is -0.931. The molecule has 0 aliphatic rings. The maximum absolute atomic E-state index is 13.1. The van der Waals surface area contributed by atoms with Gasteiger partial charge in [0.05, 0.1) is 19.1 Å². The number of aliphatic hydroxyl groups is 2. The van der Waals surface area contributed by atoms with E-state index in [1.165, 1.54) is 16.0 Å². The second kappa shape index (κ2) is 20.2. The number of aliphatic carboxylic acids is 1. The van der Waals surface area contributed by atoms with Gasteiger partial charge in [-0.2, -0.15) is 0 Å². The van der Waals surface area contributed by atoms with Gasteiger partial charge in [0.1, 0.15) is 0 Å². The maximum atomic E-state index is 13.1. The molecular weight excluding hydrogens is 526 g/mol. The summed E-state index contributed by atoms with van der Waals surface area (Å²) in [6, 6.07) is 21.1. The first kappa shape index (κ1) is 35.5. The van der Waals surface area contributed by atoms with Crippen molar-refractivity contribution in [3.63, 3.8) is 0 Å². The number of carbonyl (C=O) groups is 2. The van der Waals surface area contributed by atoms with Crippen molar-refractivity contribution in [2.24, 2.45) is 17.8 Å². The first-order valence-corrected chi connectivity index (χ1v) is 16.2. The number of carbonyl (C=O) groups excluding carboxylic acids is 1. The Hall–Kier alpha value is -2.70. The van der Waals surface area contributed by atoms with E-state index in [4.69, 9.17) is 0 Å². The van der Waals surface area contributed by atoms with Gasteiger partial charge in [0, 0.05) is 19.5 Å². The smallest absolute Gasteiger partial charge is 0.307 e. The number of nitrogens with zero attached hydrogens (tertiary/aromatic N) is 1. The summed E-state index contributed by atoms with van der Waals surface area (Å²) >= 11 is 0. The maximum Gasteiger partial charge on any atom is 0.307 e. The molecule has 1 amide bonds. The van der Waals surface area contributed by atoms with Crippen molar-refractivity contribution in [3.8, 4) is 0 Å². The fraction of sp³-hybridized carbons (Fsp3) is 0.611. The van der Waals surface area contributed by atoms with E-state index in [0.29, 0.717) is 17.8 Å². The number of aliphatic hydroxyl groups excluding tert-OH is 2. The third-order valence-corrected chi connectivity index (χ3v) is 9.10. The number of benzene rings is 2. The fourth-order valence-electron chi connectivity index (χ4n) is 6.38. The van der Waals surface area contributed by atoms with Crippen LogP contribution in [-0.2, 0) is 9.59 Å². The molecule has 0 fully saturated rings. The van der Waals surface area contributed by atoms with E-state index in [2.05, 4.69) is 75.4 Å². The summed E-state index contributed by atoms with van der Waals surface area (Å²) < 4.78 is 0. The zero-order valence-electron chi connectivity index (χ0n) is 26.2. The summed E-state index contributed by atoms with van der Waals surface area (Å²) in [5.74, 6) is -0.642. The molecule has 2 rings (SSSR count). The quantitative estimate of drug-likeness (QED) is 0.136. The van der Waals surface area contributed by atoms with Crippen LogP contribution in [0.5, 0.6) is 0 Å². The third-order valence-electron chi connectivity index (χ3n) is 9.10. The molecule has 42 heavy (non-hydrogen) atoms. The van der Waals surface area contributed by atoms with Crippen LogP contribution in [-0.4, -0.2) is 58.4 Å². The molecule has 5 atom stereocenters. The first-order valence-electron chi connectivity index (χ1n) is 16.2. The minimum absolute atomic E-state index is 0.0998. The van der Waals surface area contributed by atoms with Crippen molar-refractivity contribution < 1.29 is 24.9 Å². The summed E-state index contributed by atoms with van der Waals surface area (Å²) in [5.41, 5.74) is 2.68. The number of carboxylic acids is 1. The first-order chi connectivity index (χ1) is 20.3. The van der Waals surface area contributed by atoms with Gasteiger partial charge >= 0.3 is 5.97 Å². The van der Waals surface area contributed by atoms with Gasteiger partial charge in [-0.3, -0.25) is 9.59 Å². The Morgan fingerprint density at radius 1 is 0.762 bits per heavy atom. The van der Waals surface area contributed by atoms with Gasteiger partial charge in [-0.15, -0.1) is 0 Å². The van der Waals surface area contributed by atoms with Gasteiger partial charge in [0.15, 0.2) is 0 Å². The molecule has 5 unspecified atom stereocenters. The Balaban J connectivity index is 2.10. The Morgan fingerprint density at radius 2 is 1.31 bits per heavy atom. The van der Waals surface area contributed by atoms with Crippen LogP contribution < -0.4 is 0 Å². The minimum Gasteiger partial charge on any atom is -0.481 e. The second-order valence-corrected chi connectivity index (χ2v) is 11.9. The normalized spacial score (nSPS) is 15.0. The Kier molecular flexibility index (Phi) is 17.1. The third kappa shape index (κ3) is 12.3. The summed E-state index contributed by atoms with van der Waals surface area (Å²) in [7, 11) is 0. The topological polar surface area (TPSA) is 98.1 Å². The van der Waals surface area contributed by atoms with Crippen LogP contribution in [0.1, 0.15) is 108 Å². The SMILES string of the molecule is CCC(CCCC(CCCC(C)c1ccccc1)C(CC(=O)N(CCO)CCO)C(=O)O)CC(CC)c1ccccc1. The Labute approximate surface area is 254 Å². The van der Waals surface area contributed by atoms with Crippen LogP contribution in [0.2, 0.25) is 0 Å². The van der Waals surface area contributed by atoms with Crippen LogP contribution >= 0.6 is 0 Å². The molecule has 0 radical (unpaired) electrons. The summed E-state index contributed by atoms with van der Waals surface area (Å²) in [4.78, 5) is 27.0. The van der Waals surface area contributed by atoms with E-state index in [1.54, 1.807) is 0 Å². The van der Waals surface area contributed by atoms with Crippen molar-refractivity contribution in [3.05, 3.63) is 71.8 Å². The largest absolute Gasteiger partial charge is 0.481 e. The average Bonchev–Trinajstić information content (AvgIpc) is 3.01. The molecule has 2 aromatic carbocycles. The highest BCUT2D eigenvalue weighted by Gasteiger charge is 2.32. The van der Waals surface area contributed by atoms with Gasteiger partial charge in [0.2, 0.25) is 5.91 Å². The van der Waals surface area contributed by atoms with Crippen molar-refractivity contribution in [2.45, 2.75) is 96.8 Å². The van der Waals surface area contributed by atoms with E-state index < -0.39 is 11.9 Å². The van der Waals surface area contributed by atoms with Crippen molar-refractivity contribution in [2.75, 3.05) is 26.3 Å². The van der Waals surface area contributed by atoms with E-state index in [9.17, 15) is 24.9 Å². The summed E-state index contributed by atoms with van der Waals surface area (Å²) in [6.07, 6.45) is 8.64. The van der Waals surface area contributed by atoms with Crippen molar-refractivity contribution in [1.29, 1.82) is 0 Å². The zero-order chi connectivity index (χ0) is 30.7. The summed E-state index contributed by atoms with van der Waals surface area (Å²) in [6.45, 7) is 6.48. The fourth-order valence-corrected chi connectivity index (χ4v) is 6.38. The zero-order valence-corrected chi connectivity index (χ0v) is 26.2. The van der Waals surface area contributed by atoms with Crippen molar-refractivity contribution in [1.82, 2.24) is 4.90 Å². The monoisotopic (exact) mass is 581 g/mol. The highest BCUT2D eigenvalue weighted by Crippen LogP contribution is 2.34. The number of rotatable bonds is 22. The summed E-state index contributed by atoms with van der Waals surface area (Å²) in [5, 5.41) is 29.0. The van der Waals surface area contributed by atoms with Crippen molar-refractivity contribution >= 4 is 11.9 Å². The molecule has 6 nitrogen and oxygen atoms in total. The molecule has 0 aromatic heterocycles. The lowest BCUT2D eigenvalue weighted by Crippen LogP contribution is -2.39. The Bertz CT molecular complexity index is 992. The molecule has 2 aromatic rings. The molecule has 0 aliphatic heterocycles. The molecule has 0 aliphatic carbocycles. The number of carboxylic acid groups (broad SMARTS) is 1. The lowest BCUT2D eigenvalue weighted by Gasteiger charge is -2.28. The predicted molar refractivity (Wildman–Crippen MR) is 170 cm³/mol. The molecule has 0 spiro atoms. The molecule has 3 N–H and O–H groups in total. The Morgan fingerprint density at radius 3 is 1.81 bits per heavy atom. The molecule has 0 bridgehead atoms. The van der Waals surface area contributed by atoms with Gasteiger partial charge in [-0.05, 0) is 66.9 Å². The van der Waals surface area contributed by atoms with E-state index in [0.717, 1.165) is 57.8 Å². The predicted octanol–water partition coefficient (Wildman–Crippen LogP) is 7.26. The van der Waals surface area contributed by atoms with Gasteiger partial charge < -0.3 is 20.2 Å². The van der Waals surface area contributed by atoms with Gasteiger partial charge in [0.25, 0.3) is 0 Å². The highest BCUT2D eigenvalue weighted by atomic mass is 16.4. The van der Waals surface area contributed by atoms with E-state index >= 15 is 0 Å². The lowest BCUT2D eigenvalue weighted by atomic mass is 9.79. The molecular formula is C36H55NO5. The van der Waals surface area contributed by atoms with Crippen LogP contribution in [0.3, 0.4) is 0 Å².